The average Bonchev–Trinajstić information content (AvgIpc) is 2.65. The van der Waals surface area contributed by atoms with Crippen molar-refractivity contribution >= 4 is 37.6 Å². The first kappa shape index (κ1) is 21.0. The maximum atomic E-state index is 12.2. The predicted molar refractivity (Wildman–Crippen MR) is 107 cm³/mol. The van der Waals surface area contributed by atoms with Gasteiger partial charge in [0.2, 0.25) is 0 Å². The topological polar surface area (TPSA) is 163 Å². The molecule has 0 saturated carbocycles. The molecule has 0 spiro atoms. The highest BCUT2D eigenvalue weighted by molar-refractivity contribution is 7.61. The summed E-state index contributed by atoms with van der Waals surface area (Å²) in [4.78, 5) is 42.3. The van der Waals surface area contributed by atoms with E-state index in [4.69, 9.17) is 17.9 Å². The van der Waals surface area contributed by atoms with Crippen molar-refractivity contribution in [1.82, 2.24) is 0 Å². The lowest BCUT2D eigenvalue weighted by Gasteiger charge is -2.17. The Labute approximate surface area is 172 Å². The molecule has 11 nitrogen and oxygen atoms in total. The fourth-order valence-corrected chi connectivity index (χ4v) is 4.70. The highest BCUT2D eigenvalue weighted by atomic mass is 31.3. The highest BCUT2D eigenvalue weighted by Crippen LogP contribution is 2.60. The van der Waals surface area contributed by atoms with Gasteiger partial charge in [0.15, 0.2) is 0 Å². The zero-order chi connectivity index (χ0) is 22.2. The monoisotopic (exact) mass is 466 g/mol. The maximum Gasteiger partial charge on any atom is 0.537 e. The van der Waals surface area contributed by atoms with Crippen molar-refractivity contribution in [3.63, 3.8) is 0 Å². The first-order valence-electron chi connectivity index (χ1n) is 8.43. The Balaban J connectivity index is 1.52. The molecule has 2 unspecified atom stereocenters. The van der Waals surface area contributed by atoms with Gasteiger partial charge in [-0.15, -0.1) is 0 Å². The van der Waals surface area contributed by atoms with E-state index < -0.39 is 26.9 Å². The fourth-order valence-electron chi connectivity index (χ4n) is 2.63. The van der Waals surface area contributed by atoms with Crippen LogP contribution in [0.2, 0.25) is 0 Å². The van der Waals surface area contributed by atoms with Crippen molar-refractivity contribution in [2.24, 2.45) is 0 Å². The number of benzene rings is 2. The molecule has 0 saturated heterocycles. The van der Waals surface area contributed by atoms with Crippen LogP contribution in [0.3, 0.4) is 0 Å². The summed E-state index contributed by atoms with van der Waals surface area (Å²) in [5, 5.41) is 1.03. The van der Waals surface area contributed by atoms with Gasteiger partial charge in [-0.2, -0.15) is 4.31 Å². The molecule has 160 valence electrons. The molecule has 31 heavy (non-hydrogen) atoms. The number of phosphoric acid groups is 2. The van der Waals surface area contributed by atoms with Crippen molar-refractivity contribution < 1.29 is 41.1 Å². The summed E-state index contributed by atoms with van der Waals surface area (Å²) in [6, 6.07) is 13.0. The second kappa shape index (κ2) is 7.81. The Morgan fingerprint density at radius 1 is 0.645 bits per heavy atom. The predicted octanol–water partition coefficient (Wildman–Crippen LogP) is 3.57. The first-order chi connectivity index (χ1) is 14.6. The van der Waals surface area contributed by atoms with Crippen LogP contribution in [-0.2, 0) is 13.4 Å². The molecule has 2 N–H and O–H groups in total. The van der Waals surface area contributed by atoms with Crippen molar-refractivity contribution in [2.75, 3.05) is 0 Å². The number of fused-ring (bicyclic) bond motifs is 2. The van der Waals surface area contributed by atoms with Gasteiger partial charge in [-0.05, 0) is 36.4 Å². The zero-order valence-corrected chi connectivity index (χ0v) is 17.0. The lowest BCUT2D eigenvalue weighted by Crippen LogP contribution is -2.01. The van der Waals surface area contributed by atoms with Gasteiger partial charge in [-0.3, -0.25) is 9.79 Å². The van der Waals surface area contributed by atoms with Crippen molar-refractivity contribution in [3.8, 4) is 11.5 Å². The second-order valence-corrected chi connectivity index (χ2v) is 9.00. The Morgan fingerprint density at radius 3 is 1.45 bits per heavy atom. The third-order valence-electron chi connectivity index (χ3n) is 3.84. The summed E-state index contributed by atoms with van der Waals surface area (Å²) >= 11 is 0. The van der Waals surface area contributed by atoms with Gasteiger partial charge < -0.3 is 17.9 Å². The molecule has 2 aromatic heterocycles. The summed E-state index contributed by atoms with van der Waals surface area (Å²) < 4.78 is 48.1. The van der Waals surface area contributed by atoms with Crippen molar-refractivity contribution in [1.29, 1.82) is 0 Å². The Hall–Kier alpha value is -3.20. The van der Waals surface area contributed by atoms with Crippen molar-refractivity contribution in [2.45, 2.75) is 0 Å². The Bertz CT molecular complexity index is 1390. The molecule has 2 atom stereocenters. The summed E-state index contributed by atoms with van der Waals surface area (Å²) in [6.45, 7) is 0. The van der Waals surface area contributed by atoms with Crippen LogP contribution < -0.4 is 20.3 Å². The molecule has 4 rings (SSSR count). The van der Waals surface area contributed by atoms with Gasteiger partial charge in [-0.1, -0.05) is 0 Å². The molecular weight excluding hydrogens is 454 g/mol. The largest absolute Gasteiger partial charge is 0.537 e. The smallest absolute Gasteiger partial charge is 0.423 e. The van der Waals surface area contributed by atoms with Crippen LogP contribution >= 0.6 is 15.6 Å². The van der Waals surface area contributed by atoms with Crippen LogP contribution in [0.5, 0.6) is 11.5 Å². The molecule has 0 aliphatic carbocycles. The van der Waals surface area contributed by atoms with Crippen LogP contribution in [0.4, 0.5) is 0 Å². The maximum absolute atomic E-state index is 12.2. The average molecular weight is 466 g/mol. The zero-order valence-electron chi connectivity index (χ0n) is 15.2. The standard InChI is InChI=1S/C18H12O11P2/c19-17-7-3-11-1-5-13(9-15(11)25-17)27-30(21,22)29-31(23,24)28-14-6-2-12-4-8-18(20)26-16(12)10-14/h1-10H,(H,21,22)(H,23,24). The van der Waals surface area contributed by atoms with E-state index in [2.05, 4.69) is 4.31 Å². The number of hydrogen-bond acceptors (Lipinski definition) is 9. The van der Waals surface area contributed by atoms with E-state index in [1.807, 2.05) is 0 Å². The lowest BCUT2D eigenvalue weighted by molar-refractivity contribution is 0.234. The fraction of sp³-hybridized carbons (Fsp3) is 0. The minimum absolute atomic E-state index is 0.0612. The first-order valence-corrected chi connectivity index (χ1v) is 11.4. The SMILES string of the molecule is O=c1ccc2ccc(OP(=O)(O)OP(=O)(O)Oc3ccc4ccc(=O)oc4c3)cc2o1. The van der Waals surface area contributed by atoms with E-state index in [0.717, 1.165) is 12.1 Å². The molecular formula is C18H12O11P2. The number of phosphoric ester groups is 2. The summed E-state index contributed by atoms with van der Waals surface area (Å²) in [7, 11) is -10.3. The summed E-state index contributed by atoms with van der Waals surface area (Å²) in [5.41, 5.74) is -1.17. The van der Waals surface area contributed by atoms with Crippen LogP contribution in [0.1, 0.15) is 0 Å². The highest BCUT2D eigenvalue weighted by Gasteiger charge is 2.38. The minimum Gasteiger partial charge on any atom is -0.423 e. The second-order valence-electron chi connectivity index (χ2n) is 6.11. The van der Waals surface area contributed by atoms with Crippen LogP contribution in [-0.4, -0.2) is 9.79 Å². The number of rotatable bonds is 6. The van der Waals surface area contributed by atoms with Gasteiger partial charge in [0.05, 0.1) is 0 Å². The van der Waals surface area contributed by atoms with Gasteiger partial charge in [0.1, 0.15) is 22.7 Å². The normalized spacial score (nSPS) is 15.3. The van der Waals surface area contributed by atoms with Crippen LogP contribution in [0.15, 0.2) is 79.1 Å². The van der Waals surface area contributed by atoms with Gasteiger partial charge >= 0.3 is 26.9 Å². The Morgan fingerprint density at radius 2 is 1.03 bits per heavy atom. The molecule has 0 amide bonds. The summed E-state index contributed by atoms with van der Waals surface area (Å²) in [5.74, 6) is -0.527. The lowest BCUT2D eigenvalue weighted by atomic mass is 10.2. The quantitative estimate of drug-likeness (QED) is 0.315. The van der Waals surface area contributed by atoms with E-state index in [1.54, 1.807) is 0 Å². The van der Waals surface area contributed by atoms with Gasteiger partial charge in [0, 0.05) is 35.0 Å². The Kier molecular flexibility index (Phi) is 5.30. The molecule has 13 heteroatoms. The van der Waals surface area contributed by atoms with E-state index in [0.29, 0.717) is 10.8 Å². The van der Waals surface area contributed by atoms with Crippen LogP contribution in [0.25, 0.3) is 21.9 Å². The molecule has 2 aromatic carbocycles. The molecule has 0 aliphatic rings. The van der Waals surface area contributed by atoms with E-state index in [1.165, 1.54) is 48.5 Å². The minimum atomic E-state index is -5.15. The molecule has 0 bridgehead atoms. The van der Waals surface area contributed by atoms with E-state index >= 15 is 0 Å². The number of hydrogen-bond donors (Lipinski definition) is 2. The molecule has 4 aromatic rings. The third-order valence-corrected chi connectivity index (χ3v) is 6.37. The van der Waals surface area contributed by atoms with Gasteiger partial charge in [-0.25, -0.2) is 18.7 Å². The van der Waals surface area contributed by atoms with Crippen molar-refractivity contribution in [3.05, 3.63) is 81.5 Å². The summed E-state index contributed by atoms with van der Waals surface area (Å²) in [6.07, 6.45) is 0. The molecule has 2 heterocycles. The third kappa shape index (κ3) is 5.11. The molecule has 0 aliphatic heterocycles. The van der Waals surface area contributed by atoms with E-state index in [9.17, 15) is 28.5 Å². The molecule has 0 fully saturated rings. The van der Waals surface area contributed by atoms with Gasteiger partial charge in [0.25, 0.3) is 0 Å². The molecule has 0 radical (unpaired) electrons. The van der Waals surface area contributed by atoms with E-state index in [-0.39, 0.29) is 22.7 Å². The van der Waals surface area contributed by atoms with Crippen LogP contribution in [0, 0.1) is 0 Å².